The number of likely N-dealkylation sites (tertiary alicyclic amines) is 1. The Bertz CT molecular complexity index is 958. The molecule has 7 heteroatoms. The van der Waals surface area contributed by atoms with E-state index in [0.29, 0.717) is 23.0 Å². The molecule has 5 nitrogen and oxygen atoms in total. The van der Waals surface area contributed by atoms with Crippen LogP contribution in [0.25, 0.3) is 10.2 Å². The van der Waals surface area contributed by atoms with E-state index in [0.717, 1.165) is 36.3 Å². The average Bonchev–Trinajstić information content (AvgIpc) is 3.12. The molecule has 0 saturated carbocycles. The first-order valence-corrected chi connectivity index (χ1v) is 10.6. The molecular formula is C21H22ClN3O2S. The number of carbonyl (C=O) groups excluding carboxylic acids is 1. The molecule has 1 N–H and O–H groups in total. The zero-order valence-electron chi connectivity index (χ0n) is 15.7. The van der Waals surface area contributed by atoms with E-state index in [9.17, 15) is 4.79 Å². The van der Waals surface area contributed by atoms with Crippen molar-refractivity contribution in [3.05, 3.63) is 52.5 Å². The summed E-state index contributed by atoms with van der Waals surface area (Å²) in [5.74, 6) is 0.542. The van der Waals surface area contributed by atoms with Crippen LogP contribution in [-0.2, 0) is 4.79 Å². The summed E-state index contributed by atoms with van der Waals surface area (Å²) < 4.78 is 6.35. The van der Waals surface area contributed by atoms with Crippen molar-refractivity contribution in [3.63, 3.8) is 0 Å². The van der Waals surface area contributed by atoms with Gasteiger partial charge >= 0.3 is 0 Å². The van der Waals surface area contributed by atoms with Crippen molar-refractivity contribution in [2.75, 3.05) is 25.5 Å². The number of hydrogen-bond donors (Lipinski definition) is 1. The second-order valence-electron chi connectivity index (χ2n) is 6.90. The highest BCUT2D eigenvalue weighted by Crippen LogP contribution is 2.35. The third-order valence-electron chi connectivity index (χ3n) is 4.99. The number of para-hydroxylation sites is 1. The number of carbonyl (C=O) groups is 1. The Morgan fingerprint density at radius 2 is 2.18 bits per heavy atom. The number of nitrogens with zero attached hydrogens (tertiary/aromatic N) is 2. The van der Waals surface area contributed by atoms with Crippen LogP contribution in [0, 0.1) is 0 Å². The fourth-order valence-electron chi connectivity index (χ4n) is 3.62. The Morgan fingerprint density at radius 3 is 2.96 bits per heavy atom. The maximum Gasteiger partial charge on any atom is 0.238 e. The number of piperidine rings is 1. The molecule has 4 rings (SSSR count). The van der Waals surface area contributed by atoms with Gasteiger partial charge in [0, 0.05) is 5.69 Å². The van der Waals surface area contributed by atoms with Crippen molar-refractivity contribution >= 4 is 44.7 Å². The first-order chi connectivity index (χ1) is 13.6. The van der Waals surface area contributed by atoms with Gasteiger partial charge in [-0.05, 0) is 49.7 Å². The van der Waals surface area contributed by atoms with E-state index in [1.807, 2.05) is 18.2 Å². The van der Waals surface area contributed by atoms with Gasteiger partial charge in [0.25, 0.3) is 0 Å². The molecule has 0 aliphatic carbocycles. The van der Waals surface area contributed by atoms with Crippen molar-refractivity contribution in [1.29, 1.82) is 0 Å². The molecule has 1 atom stereocenters. The Labute approximate surface area is 173 Å². The molecule has 28 heavy (non-hydrogen) atoms. The Morgan fingerprint density at radius 1 is 1.32 bits per heavy atom. The summed E-state index contributed by atoms with van der Waals surface area (Å²) in [6.45, 7) is 1.24. The quantitative estimate of drug-likeness (QED) is 0.628. The van der Waals surface area contributed by atoms with Crippen molar-refractivity contribution in [2.24, 2.45) is 0 Å². The smallest absolute Gasteiger partial charge is 0.238 e. The van der Waals surface area contributed by atoms with Crippen LogP contribution in [0.3, 0.4) is 0 Å². The van der Waals surface area contributed by atoms with E-state index in [4.69, 9.17) is 21.3 Å². The first-order valence-electron chi connectivity index (χ1n) is 9.37. The number of halogens is 1. The van der Waals surface area contributed by atoms with Gasteiger partial charge in [0.2, 0.25) is 5.91 Å². The van der Waals surface area contributed by atoms with Crippen LogP contribution < -0.4 is 10.1 Å². The maximum atomic E-state index is 12.7. The molecule has 0 bridgehead atoms. The van der Waals surface area contributed by atoms with Crippen LogP contribution in [0.4, 0.5) is 5.69 Å². The highest BCUT2D eigenvalue weighted by molar-refractivity contribution is 7.18. The van der Waals surface area contributed by atoms with Gasteiger partial charge in [-0.1, -0.05) is 30.2 Å². The molecule has 146 valence electrons. The van der Waals surface area contributed by atoms with Crippen LogP contribution in [0.2, 0.25) is 5.02 Å². The Kier molecular flexibility index (Phi) is 5.80. The lowest BCUT2D eigenvalue weighted by Gasteiger charge is -2.33. The van der Waals surface area contributed by atoms with Crippen molar-refractivity contribution < 1.29 is 9.53 Å². The lowest BCUT2D eigenvalue weighted by atomic mass is 10.0. The van der Waals surface area contributed by atoms with E-state index < -0.39 is 0 Å². The zero-order chi connectivity index (χ0) is 19.5. The largest absolute Gasteiger partial charge is 0.495 e. The summed E-state index contributed by atoms with van der Waals surface area (Å²) in [6, 6.07) is 13.6. The molecule has 0 unspecified atom stereocenters. The molecule has 0 spiro atoms. The van der Waals surface area contributed by atoms with Gasteiger partial charge in [-0.15, -0.1) is 11.3 Å². The number of thiazole rings is 1. The topological polar surface area (TPSA) is 54.5 Å². The SMILES string of the molecule is COc1ccc(NC(=O)CN2CCCC[C@@H]2c2nc3ccccc3s2)cc1Cl. The predicted molar refractivity (Wildman–Crippen MR) is 114 cm³/mol. The number of amides is 1. The molecule has 1 aliphatic heterocycles. The minimum absolute atomic E-state index is 0.0470. The van der Waals surface area contributed by atoms with Crippen molar-refractivity contribution in [3.8, 4) is 5.75 Å². The number of benzene rings is 2. The lowest BCUT2D eigenvalue weighted by molar-refractivity contribution is -0.118. The van der Waals surface area contributed by atoms with Crippen LogP contribution in [0.1, 0.15) is 30.3 Å². The van der Waals surface area contributed by atoms with Crippen LogP contribution >= 0.6 is 22.9 Å². The number of ether oxygens (including phenoxy) is 1. The number of methoxy groups -OCH3 is 1. The monoisotopic (exact) mass is 415 g/mol. The fraction of sp³-hybridized carbons (Fsp3) is 0.333. The number of fused-ring (bicyclic) bond motifs is 1. The zero-order valence-corrected chi connectivity index (χ0v) is 17.2. The molecule has 0 radical (unpaired) electrons. The van der Waals surface area contributed by atoms with Gasteiger partial charge in [-0.2, -0.15) is 0 Å². The van der Waals surface area contributed by atoms with Gasteiger partial charge in [-0.25, -0.2) is 4.98 Å². The van der Waals surface area contributed by atoms with Gasteiger partial charge in [-0.3, -0.25) is 9.69 Å². The van der Waals surface area contributed by atoms with Gasteiger partial charge in [0.1, 0.15) is 10.8 Å². The molecule has 1 aromatic heterocycles. The Hall–Kier alpha value is -2.15. The third kappa shape index (κ3) is 4.14. The molecular weight excluding hydrogens is 394 g/mol. The fourth-order valence-corrected chi connectivity index (χ4v) is 5.02. The lowest BCUT2D eigenvalue weighted by Crippen LogP contribution is -2.39. The van der Waals surface area contributed by atoms with E-state index in [1.54, 1.807) is 36.6 Å². The number of anilines is 1. The number of nitrogens with one attached hydrogen (secondary N) is 1. The number of hydrogen-bond acceptors (Lipinski definition) is 5. The molecule has 1 fully saturated rings. The summed E-state index contributed by atoms with van der Waals surface area (Å²) in [6.07, 6.45) is 3.29. The molecule has 3 aromatic rings. The second kappa shape index (κ2) is 8.47. The predicted octanol–water partition coefficient (Wildman–Crippen LogP) is 5.12. The maximum absolute atomic E-state index is 12.7. The van der Waals surface area contributed by atoms with E-state index in [2.05, 4.69) is 16.3 Å². The highest BCUT2D eigenvalue weighted by Gasteiger charge is 2.28. The van der Waals surface area contributed by atoms with Gasteiger partial charge < -0.3 is 10.1 Å². The first kappa shape index (κ1) is 19.2. The van der Waals surface area contributed by atoms with Crippen LogP contribution in [0.5, 0.6) is 5.75 Å². The second-order valence-corrected chi connectivity index (χ2v) is 8.37. The van der Waals surface area contributed by atoms with E-state index >= 15 is 0 Å². The van der Waals surface area contributed by atoms with Crippen LogP contribution in [0.15, 0.2) is 42.5 Å². The Balaban J connectivity index is 1.47. The molecule has 1 aliphatic rings. The number of rotatable bonds is 5. The van der Waals surface area contributed by atoms with Crippen molar-refractivity contribution in [1.82, 2.24) is 9.88 Å². The molecule has 2 aromatic carbocycles. The third-order valence-corrected chi connectivity index (χ3v) is 6.42. The molecule has 1 saturated heterocycles. The summed E-state index contributed by atoms with van der Waals surface area (Å²) in [5, 5.41) is 4.52. The van der Waals surface area contributed by atoms with Gasteiger partial charge in [0.05, 0.1) is 34.9 Å². The molecule has 1 amide bonds. The summed E-state index contributed by atoms with van der Waals surface area (Å²) in [5.41, 5.74) is 1.70. The van der Waals surface area contributed by atoms with E-state index in [-0.39, 0.29) is 11.9 Å². The van der Waals surface area contributed by atoms with Crippen LogP contribution in [-0.4, -0.2) is 36.0 Å². The molecule has 2 heterocycles. The minimum atomic E-state index is -0.0470. The average molecular weight is 416 g/mol. The summed E-state index contributed by atoms with van der Waals surface area (Å²) in [4.78, 5) is 19.7. The van der Waals surface area contributed by atoms with E-state index in [1.165, 1.54) is 4.70 Å². The minimum Gasteiger partial charge on any atom is -0.495 e. The van der Waals surface area contributed by atoms with Crippen molar-refractivity contribution in [2.45, 2.75) is 25.3 Å². The standard InChI is InChI=1S/C21H22ClN3O2S/c1-27-18-10-9-14(12-15(18)22)23-20(26)13-25-11-5-4-7-17(25)21-24-16-6-2-3-8-19(16)28-21/h2-3,6,8-10,12,17H,4-5,7,11,13H2,1H3,(H,23,26)/t17-/m1/s1. The highest BCUT2D eigenvalue weighted by atomic mass is 35.5. The summed E-state index contributed by atoms with van der Waals surface area (Å²) in [7, 11) is 1.57. The van der Waals surface area contributed by atoms with Gasteiger partial charge in [0.15, 0.2) is 0 Å². The summed E-state index contributed by atoms with van der Waals surface area (Å²) >= 11 is 7.88. The normalized spacial score (nSPS) is 17.6. The number of aromatic nitrogens is 1.